The number of nitrogens with zero attached hydrogens (tertiary/aromatic N) is 3. The zero-order chi connectivity index (χ0) is 21.3. The van der Waals surface area contributed by atoms with E-state index in [-0.39, 0.29) is 28.8 Å². The lowest BCUT2D eigenvalue weighted by molar-refractivity contribution is 0.232. The van der Waals surface area contributed by atoms with Crippen molar-refractivity contribution in [3.63, 3.8) is 0 Å². The van der Waals surface area contributed by atoms with Gasteiger partial charge in [0.15, 0.2) is 5.69 Å². The molecule has 8 nitrogen and oxygen atoms in total. The van der Waals surface area contributed by atoms with Crippen LogP contribution in [-0.2, 0) is 20.1 Å². The first kappa shape index (κ1) is 22.8. The van der Waals surface area contributed by atoms with Crippen LogP contribution in [-0.4, -0.2) is 31.9 Å². The van der Waals surface area contributed by atoms with Gasteiger partial charge in [0, 0.05) is 16.9 Å². The summed E-state index contributed by atoms with van der Waals surface area (Å²) in [5.41, 5.74) is 7.44. The average molecular weight is 447 g/mol. The van der Waals surface area contributed by atoms with Crippen LogP contribution >= 0.6 is 10.7 Å². The predicted molar refractivity (Wildman–Crippen MR) is 111 cm³/mol. The molecule has 0 saturated carbocycles. The van der Waals surface area contributed by atoms with Crippen LogP contribution in [0.2, 0.25) is 16.6 Å². The maximum Gasteiger partial charge on any atom is 0.268 e. The summed E-state index contributed by atoms with van der Waals surface area (Å²) in [5.74, 6) is 0.421. The van der Waals surface area contributed by atoms with E-state index >= 15 is 0 Å². The second kappa shape index (κ2) is 8.48. The van der Waals surface area contributed by atoms with E-state index in [0.29, 0.717) is 22.5 Å². The number of nitrogen functional groups attached to an aromatic ring is 1. The molecule has 0 aliphatic carbocycles. The average Bonchev–Trinajstić information content (AvgIpc) is 3.02. The van der Waals surface area contributed by atoms with Gasteiger partial charge in [0.1, 0.15) is 11.5 Å². The molecule has 0 saturated heterocycles. The molecular formula is C17H27ClN4O4SSi. The number of aromatic nitrogens is 3. The molecule has 0 unspecified atom stereocenters. The maximum atomic E-state index is 11.4. The second-order valence-electron chi connectivity index (χ2n) is 7.65. The molecule has 0 aliphatic heterocycles. The lowest BCUT2D eigenvalue weighted by Gasteiger charge is -2.41. The van der Waals surface area contributed by atoms with E-state index < -0.39 is 17.4 Å². The highest BCUT2D eigenvalue weighted by Gasteiger charge is 2.45. The van der Waals surface area contributed by atoms with Crippen molar-refractivity contribution in [1.29, 1.82) is 0 Å². The van der Waals surface area contributed by atoms with E-state index in [1.807, 2.05) is 0 Å². The van der Waals surface area contributed by atoms with Gasteiger partial charge in [-0.3, -0.25) is 0 Å². The Balaban J connectivity index is 2.25. The molecule has 2 heterocycles. The Labute approximate surface area is 171 Å². The smallest absolute Gasteiger partial charge is 0.268 e. The van der Waals surface area contributed by atoms with Gasteiger partial charge in [0.05, 0.1) is 5.69 Å². The van der Waals surface area contributed by atoms with Gasteiger partial charge >= 0.3 is 0 Å². The molecule has 0 aromatic carbocycles. The van der Waals surface area contributed by atoms with Gasteiger partial charge < -0.3 is 14.6 Å². The fourth-order valence-corrected chi connectivity index (χ4v) is 9.94. The summed E-state index contributed by atoms with van der Waals surface area (Å²) in [6.45, 7) is 13.4. The molecule has 156 valence electrons. The summed E-state index contributed by atoms with van der Waals surface area (Å²) in [6, 6.07) is 1.21. The lowest BCUT2D eigenvalue weighted by Crippen LogP contribution is -2.47. The van der Waals surface area contributed by atoms with Crippen LogP contribution in [0.5, 0.6) is 0 Å². The van der Waals surface area contributed by atoms with Crippen molar-refractivity contribution < 1.29 is 17.3 Å². The SMILES string of the molecule is CC(C)[Si](OCc1nnc(-c2ncc(S(=O)(=O)Cl)cc2N)o1)(C(C)C)C(C)C. The monoisotopic (exact) mass is 446 g/mol. The molecule has 2 aromatic rings. The van der Waals surface area contributed by atoms with Gasteiger partial charge in [0.2, 0.25) is 14.2 Å². The summed E-state index contributed by atoms with van der Waals surface area (Å²) < 4.78 is 34.9. The van der Waals surface area contributed by atoms with Crippen LogP contribution in [0.4, 0.5) is 5.69 Å². The molecule has 0 radical (unpaired) electrons. The molecule has 0 aliphatic rings. The molecule has 0 amide bonds. The Bertz CT molecular complexity index is 909. The van der Waals surface area contributed by atoms with Crippen LogP contribution in [0.1, 0.15) is 47.4 Å². The van der Waals surface area contributed by atoms with Gasteiger partial charge in [-0.1, -0.05) is 41.5 Å². The van der Waals surface area contributed by atoms with E-state index in [0.717, 1.165) is 6.20 Å². The number of halogens is 1. The van der Waals surface area contributed by atoms with E-state index in [2.05, 4.69) is 56.7 Å². The van der Waals surface area contributed by atoms with Crippen LogP contribution < -0.4 is 5.73 Å². The molecule has 11 heteroatoms. The number of pyridine rings is 1. The third-order valence-electron chi connectivity index (χ3n) is 5.00. The molecule has 2 aromatic heterocycles. The van der Waals surface area contributed by atoms with E-state index in [1.54, 1.807) is 0 Å². The van der Waals surface area contributed by atoms with Crippen LogP contribution in [0, 0.1) is 0 Å². The summed E-state index contributed by atoms with van der Waals surface area (Å²) >= 11 is 0. The van der Waals surface area contributed by atoms with Gasteiger partial charge in [0.25, 0.3) is 14.9 Å². The molecule has 2 rings (SSSR count). The van der Waals surface area contributed by atoms with Gasteiger partial charge in [-0.2, -0.15) is 0 Å². The summed E-state index contributed by atoms with van der Waals surface area (Å²) in [5, 5.41) is 7.99. The summed E-state index contributed by atoms with van der Waals surface area (Å²) in [6.07, 6.45) is 1.10. The number of nitrogens with two attached hydrogens (primary N) is 1. The predicted octanol–water partition coefficient (Wildman–Crippen LogP) is 4.33. The van der Waals surface area contributed by atoms with Crippen molar-refractivity contribution in [1.82, 2.24) is 15.2 Å². The first-order chi connectivity index (χ1) is 12.9. The van der Waals surface area contributed by atoms with E-state index in [9.17, 15) is 8.42 Å². The topological polar surface area (TPSA) is 121 Å². The first-order valence-electron chi connectivity index (χ1n) is 9.06. The summed E-state index contributed by atoms with van der Waals surface area (Å²) in [4.78, 5) is 3.81. The van der Waals surface area contributed by atoms with Crippen LogP contribution in [0.25, 0.3) is 11.6 Å². The highest BCUT2D eigenvalue weighted by molar-refractivity contribution is 8.13. The number of hydrogen-bond donors (Lipinski definition) is 1. The van der Waals surface area contributed by atoms with Crippen molar-refractivity contribution in [2.45, 2.75) is 69.7 Å². The molecule has 0 fully saturated rings. The van der Waals surface area contributed by atoms with Gasteiger partial charge in [-0.15, -0.1) is 10.2 Å². The minimum absolute atomic E-state index is 0.0770. The Morgan fingerprint density at radius 1 is 1.14 bits per heavy atom. The third kappa shape index (κ3) is 4.56. The fraction of sp³-hybridized carbons (Fsp3) is 0.588. The molecule has 0 spiro atoms. The second-order valence-corrected chi connectivity index (χ2v) is 15.7. The number of hydrogen-bond acceptors (Lipinski definition) is 8. The standard InChI is InChI=1S/C17H27ClN4O4SSi/c1-10(2)28(11(3)4,12(5)6)25-9-15-21-22-17(26-15)16-14(19)7-13(8-20-16)27(18,23)24/h7-8,10-12H,9,19H2,1-6H3. The van der Waals surface area contributed by atoms with Crippen molar-refractivity contribution in [3.8, 4) is 11.6 Å². The lowest BCUT2D eigenvalue weighted by atomic mass is 10.3. The first-order valence-corrected chi connectivity index (χ1v) is 13.5. The summed E-state index contributed by atoms with van der Waals surface area (Å²) in [7, 11) is -0.684. The van der Waals surface area contributed by atoms with Crippen molar-refractivity contribution in [2.24, 2.45) is 0 Å². The van der Waals surface area contributed by atoms with Crippen LogP contribution in [0.15, 0.2) is 21.6 Å². The van der Waals surface area contributed by atoms with E-state index in [4.69, 9.17) is 25.3 Å². The van der Waals surface area contributed by atoms with Crippen molar-refractivity contribution >= 4 is 33.7 Å². The van der Waals surface area contributed by atoms with Gasteiger partial charge in [-0.05, 0) is 22.7 Å². The Morgan fingerprint density at radius 2 is 1.71 bits per heavy atom. The highest BCUT2D eigenvalue weighted by Crippen LogP contribution is 2.42. The number of anilines is 1. The molecule has 0 bridgehead atoms. The quantitative estimate of drug-likeness (QED) is 0.469. The molecule has 28 heavy (non-hydrogen) atoms. The van der Waals surface area contributed by atoms with Crippen molar-refractivity contribution in [2.75, 3.05) is 5.73 Å². The Morgan fingerprint density at radius 3 is 2.18 bits per heavy atom. The van der Waals surface area contributed by atoms with Gasteiger partial charge in [-0.25, -0.2) is 13.4 Å². The fourth-order valence-electron chi connectivity index (χ4n) is 3.87. The highest BCUT2D eigenvalue weighted by atomic mass is 35.7. The zero-order valence-corrected chi connectivity index (χ0v) is 19.5. The maximum absolute atomic E-state index is 11.4. The number of rotatable bonds is 8. The molecular weight excluding hydrogens is 420 g/mol. The molecule has 0 atom stereocenters. The minimum Gasteiger partial charge on any atom is -0.417 e. The minimum atomic E-state index is -3.92. The zero-order valence-electron chi connectivity index (χ0n) is 16.9. The normalized spacial score (nSPS) is 13.1. The Kier molecular flexibility index (Phi) is 6.90. The third-order valence-corrected chi connectivity index (χ3v) is 12.4. The Hall–Kier alpha value is -1.49. The largest absolute Gasteiger partial charge is 0.417 e. The molecule has 2 N–H and O–H groups in total. The van der Waals surface area contributed by atoms with Crippen LogP contribution in [0.3, 0.4) is 0 Å². The van der Waals surface area contributed by atoms with E-state index in [1.165, 1.54) is 6.07 Å². The van der Waals surface area contributed by atoms with Crippen molar-refractivity contribution in [3.05, 3.63) is 18.2 Å².